The second-order valence-corrected chi connectivity index (χ2v) is 1.39. The molecule has 0 aromatic carbocycles. The molecule has 0 aromatic heterocycles. The Morgan fingerprint density at radius 1 is 1.56 bits per heavy atom. The van der Waals surface area contributed by atoms with Crippen molar-refractivity contribution in [2.24, 2.45) is 0 Å². The van der Waals surface area contributed by atoms with Gasteiger partial charge in [-0.15, -0.1) is 0 Å². The summed E-state index contributed by atoms with van der Waals surface area (Å²) < 4.78 is 8.90. The van der Waals surface area contributed by atoms with Crippen LogP contribution < -0.4 is 0 Å². The molecule has 0 aliphatic heterocycles. The molecule has 0 heterocycles. The predicted molar refractivity (Wildman–Crippen MR) is 32.8 cm³/mol. The molecule has 0 fully saturated rings. The fraction of sp³-hybridized carbons (Fsp3) is 0.500. The topological polar surface area (TPSA) is 35.5 Å². The van der Waals surface area contributed by atoms with Crippen molar-refractivity contribution in [3.63, 3.8) is 0 Å². The number of esters is 1. The van der Waals surface area contributed by atoms with Crippen LogP contribution in [0.2, 0.25) is 0 Å². The van der Waals surface area contributed by atoms with E-state index in [-0.39, 0.29) is 12.4 Å². The summed E-state index contributed by atoms with van der Waals surface area (Å²) in [5, 5.41) is 0. The van der Waals surface area contributed by atoms with E-state index in [0.717, 1.165) is 0 Å². The number of ether oxygens (including phenoxy) is 2. The van der Waals surface area contributed by atoms with Crippen LogP contribution in [0.1, 0.15) is 6.42 Å². The van der Waals surface area contributed by atoms with Crippen molar-refractivity contribution in [2.45, 2.75) is 6.42 Å². The minimum absolute atomic E-state index is 0.261. The largest absolute Gasteiger partial charge is 0.505 e. The lowest BCUT2D eigenvalue weighted by Gasteiger charge is -1.90. The number of rotatable bonds is 3. The molecule has 3 nitrogen and oxygen atoms in total. The first-order valence-electron chi connectivity index (χ1n) is 2.56. The molecule has 0 spiro atoms. The molecule has 0 aromatic rings. The van der Waals surface area contributed by atoms with Gasteiger partial charge in [0.05, 0.1) is 26.9 Å². The van der Waals surface area contributed by atoms with Gasteiger partial charge in [0, 0.05) is 0 Å². The quantitative estimate of drug-likeness (QED) is 0.417. The number of methoxy groups -OCH3 is 2. The summed E-state index contributed by atoms with van der Waals surface area (Å²) in [7, 11) is 2.87. The van der Waals surface area contributed by atoms with Crippen LogP contribution in [0.5, 0.6) is 0 Å². The maximum absolute atomic E-state index is 10.4. The van der Waals surface area contributed by atoms with Crippen LogP contribution in [0.3, 0.4) is 0 Å². The molecule has 0 saturated heterocycles. The lowest BCUT2D eigenvalue weighted by molar-refractivity contribution is -0.139. The SMILES string of the molecule is CO/C=C/CC(=O)OC. The zero-order chi connectivity index (χ0) is 7.11. The van der Waals surface area contributed by atoms with E-state index >= 15 is 0 Å². The van der Waals surface area contributed by atoms with Crippen molar-refractivity contribution < 1.29 is 14.3 Å². The summed E-state index contributed by atoms with van der Waals surface area (Å²) in [6, 6.07) is 0. The van der Waals surface area contributed by atoms with Crippen molar-refractivity contribution in [2.75, 3.05) is 14.2 Å². The average molecular weight is 130 g/mol. The van der Waals surface area contributed by atoms with Gasteiger partial charge in [0.2, 0.25) is 0 Å². The van der Waals surface area contributed by atoms with Crippen LogP contribution in [0.15, 0.2) is 12.3 Å². The third-order valence-corrected chi connectivity index (χ3v) is 0.744. The van der Waals surface area contributed by atoms with Gasteiger partial charge in [0.15, 0.2) is 0 Å². The molecule has 0 bridgehead atoms. The molecular weight excluding hydrogens is 120 g/mol. The summed E-state index contributed by atoms with van der Waals surface area (Å²) >= 11 is 0. The van der Waals surface area contributed by atoms with E-state index in [1.165, 1.54) is 20.5 Å². The Morgan fingerprint density at radius 3 is 2.67 bits per heavy atom. The molecule has 52 valence electrons. The van der Waals surface area contributed by atoms with E-state index in [2.05, 4.69) is 9.47 Å². The fourth-order valence-corrected chi connectivity index (χ4v) is 0.324. The first-order valence-corrected chi connectivity index (χ1v) is 2.56. The van der Waals surface area contributed by atoms with E-state index in [0.29, 0.717) is 0 Å². The van der Waals surface area contributed by atoms with E-state index in [4.69, 9.17) is 0 Å². The lowest BCUT2D eigenvalue weighted by Crippen LogP contribution is -1.96. The lowest BCUT2D eigenvalue weighted by atomic mass is 10.4. The Kier molecular flexibility index (Phi) is 4.59. The molecule has 0 amide bonds. The Bertz CT molecular complexity index is 107. The Hall–Kier alpha value is -0.990. The third kappa shape index (κ3) is 4.87. The highest BCUT2D eigenvalue weighted by atomic mass is 16.5. The first-order chi connectivity index (χ1) is 4.31. The molecule has 0 aliphatic carbocycles. The highest BCUT2D eigenvalue weighted by Crippen LogP contribution is 1.85. The second kappa shape index (κ2) is 5.15. The van der Waals surface area contributed by atoms with Crippen molar-refractivity contribution >= 4 is 5.97 Å². The molecule has 0 atom stereocenters. The smallest absolute Gasteiger partial charge is 0.309 e. The van der Waals surface area contributed by atoms with E-state index in [9.17, 15) is 4.79 Å². The predicted octanol–water partition coefficient (Wildman–Crippen LogP) is 0.710. The molecule has 0 aliphatic rings. The minimum atomic E-state index is -0.261. The fourth-order valence-electron chi connectivity index (χ4n) is 0.324. The van der Waals surface area contributed by atoms with Crippen LogP contribution in [0, 0.1) is 0 Å². The Labute approximate surface area is 54.3 Å². The second-order valence-electron chi connectivity index (χ2n) is 1.39. The third-order valence-electron chi connectivity index (χ3n) is 0.744. The summed E-state index contributed by atoms with van der Waals surface area (Å²) in [5.41, 5.74) is 0. The molecule has 0 rings (SSSR count). The minimum Gasteiger partial charge on any atom is -0.505 e. The molecule has 0 unspecified atom stereocenters. The molecule has 9 heavy (non-hydrogen) atoms. The van der Waals surface area contributed by atoms with E-state index < -0.39 is 0 Å². The summed E-state index contributed by atoms with van der Waals surface area (Å²) in [6.07, 6.45) is 3.30. The van der Waals surface area contributed by atoms with Gasteiger partial charge < -0.3 is 9.47 Å². The van der Waals surface area contributed by atoms with Crippen molar-refractivity contribution in [1.29, 1.82) is 0 Å². The maximum atomic E-state index is 10.4. The number of carbonyl (C=O) groups excluding carboxylic acids is 1. The van der Waals surface area contributed by atoms with Gasteiger partial charge in [-0.1, -0.05) is 0 Å². The zero-order valence-electron chi connectivity index (χ0n) is 5.59. The Morgan fingerprint density at radius 2 is 2.22 bits per heavy atom. The Balaban J connectivity index is 3.26. The average Bonchev–Trinajstić information content (AvgIpc) is 1.89. The van der Waals surface area contributed by atoms with E-state index in [1.807, 2.05) is 0 Å². The zero-order valence-corrected chi connectivity index (χ0v) is 5.59. The van der Waals surface area contributed by atoms with Crippen LogP contribution >= 0.6 is 0 Å². The maximum Gasteiger partial charge on any atom is 0.309 e. The van der Waals surface area contributed by atoms with Gasteiger partial charge in [-0.2, -0.15) is 0 Å². The molecule has 3 heteroatoms. The van der Waals surface area contributed by atoms with Crippen molar-refractivity contribution in [3.05, 3.63) is 12.3 Å². The van der Waals surface area contributed by atoms with Gasteiger partial charge >= 0.3 is 5.97 Å². The van der Waals surface area contributed by atoms with Gasteiger partial charge in [-0.3, -0.25) is 4.79 Å². The summed E-state index contributed by atoms with van der Waals surface area (Å²) in [6.45, 7) is 0. The van der Waals surface area contributed by atoms with Gasteiger partial charge in [-0.05, 0) is 6.08 Å². The standard InChI is InChI=1S/C6H10O3/c1-8-5-3-4-6(7)9-2/h3,5H,4H2,1-2H3/b5-3+. The van der Waals surface area contributed by atoms with Crippen LogP contribution in [-0.4, -0.2) is 20.2 Å². The number of carbonyl (C=O) groups is 1. The van der Waals surface area contributed by atoms with Crippen molar-refractivity contribution in [3.8, 4) is 0 Å². The summed E-state index contributed by atoms with van der Waals surface area (Å²) in [4.78, 5) is 10.4. The van der Waals surface area contributed by atoms with Crippen LogP contribution in [0.4, 0.5) is 0 Å². The molecule has 0 radical (unpaired) electrons. The molecule has 0 saturated carbocycles. The van der Waals surface area contributed by atoms with Crippen molar-refractivity contribution in [1.82, 2.24) is 0 Å². The highest BCUT2D eigenvalue weighted by Gasteiger charge is 1.92. The summed E-state index contributed by atoms with van der Waals surface area (Å²) in [5.74, 6) is -0.261. The highest BCUT2D eigenvalue weighted by molar-refractivity contribution is 5.70. The van der Waals surface area contributed by atoms with Gasteiger partial charge in [0.1, 0.15) is 0 Å². The van der Waals surface area contributed by atoms with Gasteiger partial charge in [0.25, 0.3) is 0 Å². The van der Waals surface area contributed by atoms with Gasteiger partial charge in [-0.25, -0.2) is 0 Å². The first kappa shape index (κ1) is 8.01. The number of hydrogen-bond donors (Lipinski definition) is 0. The van der Waals surface area contributed by atoms with E-state index in [1.54, 1.807) is 6.08 Å². The monoisotopic (exact) mass is 130 g/mol. The number of hydrogen-bond acceptors (Lipinski definition) is 3. The molecule has 0 N–H and O–H groups in total. The molecular formula is C6H10O3. The normalized spacial score (nSPS) is 9.56. The van der Waals surface area contributed by atoms with Crippen LogP contribution in [-0.2, 0) is 14.3 Å². The van der Waals surface area contributed by atoms with Crippen LogP contribution in [0.25, 0.3) is 0 Å².